The fourth-order valence-electron chi connectivity index (χ4n) is 6.37. The summed E-state index contributed by atoms with van der Waals surface area (Å²) in [4.78, 5) is 58.4. The highest BCUT2D eigenvalue weighted by Crippen LogP contribution is 2.40. The van der Waals surface area contributed by atoms with Gasteiger partial charge in [-0.25, -0.2) is 0 Å². The summed E-state index contributed by atoms with van der Waals surface area (Å²) in [5, 5.41) is 1.38. The number of hydrogen-bond donors (Lipinski definition) is 0. The lowest BCUT2D eigenvalue weighted by molar-refractivity contribution is -0.141. The molecule has 4 atom stereocenters. The Kier molecular flexibility index (Phi) is 7.86. The van der Waals surface area contributed by atoms with Crippen LogP contribution in [0.4, 0.5) is 0 Å². The second-order valence-corrected chi connectivity index (χ2v) is 11.6. The third-order valence-electron chi connectivity index (χ3n) is 8.50. The second-order valence-electron chi connectivity index (χ2n) is 10.7. The van der Waals surface area contributed by atoms with Gasteiger partial charge in [-0.3, -0.25) is 29.0 Å². The van der Waals surface area contributed by atoms with E-state index in [1.807, 2.05) is 12.2 Å². The molecule has 36 heavy (non-hydrogen) atoms. The maximum absolute atomic E-state index is 12.7. The minimum atomic E-state index is -0.275. The van der Waals surface area contributed by atoms with Gasteiger partial charge >= 0.3 is 0 Å². The number of hydrogen-bond acceptors (Lipinski definition) is 6. The summed E-state index contributed by atoms with van der Waals surface area (Å²) in [6.07, 6.45) is 7.41. The molecule has 0 unspecified atom stereocenters. The number of halogens is 2. The first-order chi connectivity index (χ1) is 17.3. The molecule has 196 valence electrons. The largest absolute Gasteiger partial charge is 0.301 e. The van der Waals surface area contributed by atoms with Crippen molar-refractivity contribution in [2.75, 3.05) is 52.4 Å². The molecule has 2 aliphatic carbocycles. The molecule has 3 fully saturated rings. The number of imide groups is 2. The van der Waals surface area contributed by atoms with Crippen molar-refractivity contribution in [1.82, 2.24) is 19.6 Å². The van der Waals surface area contributed by atoms with Gasteiger partial charge in [-0.1, -0.05) is 35.4 Å². The molecule has 4 amide bonds. The highest BCUT2D eigenvalue weighted by molar-refractivity contribution is 6.30. The van der Waals surface area contributed by atoms with Crippen molar-refractivity contribution in [2.24, 2.45) is 23.7 Å². The van der Waals surface area contributed by atoms with Gasteiger partial charge in [0.05, 0.1) is 23.7 Å². The van der Waals surface area contributed by atoms with Crippen LogP contribution in [0.5, 0.6) is 0 Å². The molecule has 3 heterocycles. The third-order valence-corrected chi connectivity index (χ3v) is 9.11. The number of rotatable bonds is 8. The van der Waals surface area contributed by atoms with E-state index in [1.165, 1.54) is 9.80 Å². The van der Waals surface area contributed by atoms with Gasteiger partial charge in [-0.15, -0.1) is 0 Å². The Hall–Kier alpha value is -1.74. The van der Waals surface area contributed by atoms with Crippen LogP contribution in [0.2, 0.25) is 0 Å². The minimum absolute atomic E-state index is 0.0381. The molecular weight excluding hydrogens is 503 g/mol. The number of amides is 4. The molecule has 0 N–H and O–H groups in total. The van der Waals surface area contributed by atoms with Crippen LogP contribution in [-0.4, -0.2) is 95.6 Å². The van der Waals surface area contributed by atoms with E-state index in [-0.39, 0.29) is 47.3 Å². The van der Waals surface area contributed by atoms with E-state index in [0.29, 0.717) is 48.8 Å². The Labute approximate surface area is 222 Å². The summed E-state index contributed by atoms with van der Waals surface area (Å²) < 4.78 is 0. The normalized spacial score (nSPS) is 31.6. The van der Waals surface area contributed by atoms with E-state index in [2.05, 4.69) is 9.80 Å². The van der Waals surface area contributed by atoms with Crippen molar-refractivity contribution in [3.05, 3.63) is 22.2 Å². The molecule has 0 saturated carbocycles. The van der Waals surface area contributed by atoms with Crippen molar-refractivity contribution < 1.29 is 19.2 Å². The molecule has 3 saturated heterocycles. The zero-order valence-corrected chi connectivity index (χ0v) is 22.1. The number of piperazine rings is 1. The molecule has 0 aromatic rings. The summed E-state index contributed by atoms with van der Waals surface area (Å²) >= 11 is 12.2. The van der Waals surface area contributed by atoms with Crippen LogP contribution in [-0.2, 0) is 19.2 Å². The Morgan fingerprint density at radius 2 is 0.944 bits per heavy atom. The van der Waals surface area contributed by atoms with E-state index < -0.39 is 0 Å². The predicted molar refractivity (Wildman–Crippen MR) is 136 cm³/mol. The number of nitrogens with zero attached hydrogens (tertiary/aromatic N) is 4. The van der Waals surface area contributed by atoms with Gasteiger partial charge in [0.2, 0.25) is 23.6 Å². The van der Waals surface area contributed by atoms with Crippen LogP contribution >= 0.6 is 23.2 Å². The van der Waals surface area contributed by atoms with Gasteiger partial charge in [0, 0.05) is 49.3 Å². The Morgan fingerprint density at radius 1 is 0.583 bits per heavy atom. The molecule has 0 radical (unpaired) electrons. The lowest BCUT2D eigenvalue weighted by Crippen LogP contribution is -2.47. The first kappa shape index (κ1) is 25.9. The lowest BCUT2D eigenvalue weighted by atomic mass is 9.85. The van der Waals surface area contributed by atoms with Crippen LogP contribution in [0, 0.1) is 23.7 Å². The summed E-state index contributed by atoms with van der Waals surface area (Å²) in [7, 11) is 0. The van der Waals surface area contributed by atoms with Crippen molar-refractivity contribution in [3.63, 3.8) is 0 Å². The molecule has 0 aromatic heterocycles. The molecule has 0 bridgehead atoms. The van der Waals surface area contributed by atoms with Crippen LogP contribution in [0.1, 0.15) is 38.5 Å². The molecule has 0 aromatic carbocycles. The summed E-state index contributed by atoms with van der Waals surface area (Å²) in [5.41, 5.74) is 0. The van der Waals surface area contributed by atoms with Gasteiger partial charge in [0.15, 0.2) is 0 Å². The smallest absolute Gasteiger partial charge is 0.233 e. The van der Waals surface area contributed by atoms with E-state index in [0.717, 1.165) is 52.1 Å². The summed E-state index contributed by atoms with van der Waals surface area (Å²) in [5.74, 6) is -1.20. The fraction of sp³-hybridized carbons (Fsp3) is 0.692. The van der Waals surface area contributed by atoms with E-state index in [4.69, 9.17) is 23.2 Å². The maximum atomic E-state index is 12.7. The number of carbonyl (C=O) groups excluding carboxylic acids is 4. The van der Waals surface area contributed by atoms with E-state index >= 15 is 0 Å². The van der Waals surface area contributed by atoms with Gasteiger partial charge < -0.3 is 9.80 Å². The molecule has 5 aliphatic rings. The van der Waals surface area contributed by atoms with Gasteiger partial charge in [0.1, 0.15) is 0 Å². The number of fused-ring (bicyclic) bond motifs is 2. The lowest BCUT2D eigenvalue weighted by Gasteiger charge is -2.35. The minimum Gasteiger partial charge on any atom is -0.301 e. The van der Waals surface area contributed by atoms with Gasteiger partial charge in [0.25, 0.3) is 0 Å². The Morgan fingerprint density at radius 3 is 1.33 bits per heavy atom. The molecular formula is C26H34Cl2N4O4. The van der Waals surface area contributed by atoms with Gasteiger partial charge in [-0.2, -0.15) is 0 Å². The number of carbonyl (C=O) groups is 4. The quantitative estimate of drug-likeness (QED) is 0.443. The zero-order chi connectivity index (χ0) is 25.4. The number of likely N-dealkylation sites (tertiary alicyclic amines) is 2. The Balaban J connectivity index is 0.987. The SMILES string of the molecule is O=C1[C@H]2CC(Cl)=CC[C@H]2C(=O)N1CCCN1CCN(CCCN2C(=O)[C@@H]3CC=C(Cl)C[C@H]3C2=O)CC1. The van der Waals surface area contributed by atoms with Crippen LogP contribution in [0.25, 0.3) is 0 Å². The molecule has 5 rings (SSSR count). The average molecular weight is 537 g/mol. The third kappa shape index (κ3) is 5.15. The highest BCUT2D eigenvalue weighted by Gasteiger charge is 2.49. The molecule has 10 heteroatoms. The molecule has 3 aliphatic heterocycles. The van der Waals surface area contributed by atoms with Crippen LogP contribution in [0.3, 0.4) is 0 Å². The predicted octanol–water partition coefficient (Wildman–Crippen LogP) is 2.42. The van der Waals surface area contributed by atoms with Crippen LogP contribution in [0.15, 0.2) is 22.2 Å². The first-order valence-corrected chi connectivity index (χ1v) is 13.9. The standard InChI is InChI=1S/C26H34Cl2N4O4/c27-17-3-5-19-21(15-17)25(35)31(23(19)33)9-1-7-29-11-13-30(14-12-29)8-2-10-32-24(34)20-6-4-18(28)16-22(20)26(32)36/h3-4,19-22H,1-2,5-16H2/t19-,20-,21-,22+/m1/s1. The topological polar surface area (TPSA) is 81.2 Å². The second kappa shape index (κ2) is 10.9. The summed E-state index contributed by atoms with van der Waals surface area (Å²) in [6, 6.07) is 0. The molecule has 8 nitrogen and oxygen atoms in total. The highest BCUT2D eigenvalue weighted by atomic mass is 35.5. The van der Waals surface area contributed by atoms with E-state index in [1.54, 1.807) is 0 Å². The van der Waals surface area contributed by atoms with Crippen LogP contribution < -0.4 is 0 Å². The fourth-order valence-corrected chi connectivity index (χ4v) is 6.88. The van der Waals surface area contributed by atoms with Crippen molar-refractivity contribution in [2.45, 2.75) is 38.5 Å². The zero-order valence-electron chi connectivity index (χ0n) is 20.5. The van der Waals surface area contributed by atoms with Crippen molar-refractivity contribution in [1.29, 1.82) is 0 Å². The average Bonchev–Trinajstić information content (AvgIpc) is 3.24. The van der Waals surface area contributed by atoms with Crippen molar-refractivity contribution >= 4 is 46.8 Å². The number of allylic oxidation sites excluding steroid dienone is 4. The summed E-state index contributed by atoms with van der Waals surface area (Å²) in [6.45, 7) is 6.40. The Bertz CT molecular complexity index is 912. The first-order valence-electron chi connectivity index (χ1n) is 13.2. The van der Waals surface area contributed by atoms with Crippen molar-refractivity contribution in [3.8, 4) is 0 Å². The monoisotopic (exact) mass is 536 g/mol. The van der Waals surface area contributed by atoms with E-state index in [9.17, 15) is 19.2 Å². The van der Waals surface area contributed by atoms with Gasteiger partial charge in [-0.05, 0) is 51.6 Å². The molecule has 0 spiro atoms. The maximum Gasteiger partial charge on any atom is 0.233 e.